The molecular formula is C18H21ClN4O2. The highest BCUT2D eigenvalue weighted by Gasteiger charge is 2.23. The second-order valence-electron chi connectivity index (χ2n) is 6.09. The summed E-state index contributed by atoms with van der Waals surface area (Å²) >= 11 is 5.91. The van der Waals surface area contributed by atoms with E-state index in [0.29, 0.717) is 25.2 Å². The number of hydrogen-bond donors (Lipinski definition) is 0. The molecule has 0 unspecified atom stereocenters. The highest BCUT2D eigenvalue weighted by atomic mass is 35.5. The fraction of sp³-hybridized carbons (Fsp3) is 0.389. The zero-order valence-corrected chi connectivity index (χ0v) is 14.9. The molecule has 7 heteroatoms. The van der Waals surface area contributed by atoms with Gasteiger partial charge in [0, 0.05) is 50.4 Å². The van der Waals surface area contributed by atoms with Crippen LogP contribution in [-0.4, -0.2) is 57.6 Å². The van der Waals surface area contributed by atoms with Gasteiger partial charge in [0.15, 0.2) is 5.78 Å². The van der Waals surface area contributed by atoms with E-state index in [1.165, 1.54) is 10.2 Å². The molecule has 2 heterocycles. The van der Waals surface area contributed by atoms with Gasteiger partial charge < -0.3 is 4.90 Å². The van der Waals surface area contributed by atoms with E-state index in [4.69, 9.17) is 11.6 Å². The zero-order valence-electron chi connectivity index (χ0n) is 14.2. The van der Waals surface area contributed by atoms with Crippen LogP contribution in [0, 0.1) is 0 Å². The van der Waals surface area contributed by atoms with Crippen molar-refractivity contribution in [3.8, 4) is 0 Å². The van der Waals surface area contributed by atoms with Crippen LogP contribution in [0.15, 0.2) is 36.5 Å². The molecule has 25 heavy (non-hydrogen) atoms. The van der Waals surface area contributed by atoms with E-state index >= 15 is 0 Å². The summed E-state index contributed by atoms with van der Waals surface area (Å²) in [6, 6.07) is 9.25. The lowest BCUT2D eigenvalue weighted by Gasteiger charge is -2.34. The SMILES string of the molecule is CCC(=O)c1ccn(C(=O)N2CCN(Cc3ccc(Cl)cc3)CC2)n1. The first-order valence-electron chi connectivity index (χ1n) is 8.41. The van der Waals surface area contributed by atoms with Gasteiger partial charge in [-0.15, -0.1) is 0 Å². The third-order valence-electron chi connectivity index (χ3n) is 4.35. The molecule has 3 rings (SSSR count). The second kappa shape index (κ2) is 7.80. The number of hydrogen-bond acceptors (Lipinski definition) is 4. The van der Waals surface area contributed by atoms with Crippen LogP contribution in [0.2, 0.25) is 5.02 Å². The number of nitrogens with zero attached hydrogens (tertiary/aromatic N) is 4. The predicted octanol–water partition coefficient (Wildman–Crippen LogP) is 2.92. The number of piperazine rings is 1. The number of ketones is 1. The topological polar surface area (TPSA) is 58.4 Å². The summed E-state index contributed by atoms with van der Waals surface area (Å²) in [7, 11) is 0. The lowest BCUT2D eigenvalue weighted by atomic mass is 10.2. The third-order valence-corrected chi connectivity index (χ3v) is 4.61. The van der Waals surface area contributed by atoms with Crippen LogP contribution in [-0.2, 0) is 6.54 Å². The molecule has 2 aromatic rings. The molecule has 0 spiro atoms. The quantitative estimate of drug-likeness (QED) is 0.787. The number of benzene rings is 1. The van der Waals surface area contributed by atoms with Crippen molar-refractivity contribution in [2.45, 2.75) is 19.9 Å². The summed E-state index contributed by atoms with van der Waals surface area (Å²) in [5.74, 6) is -0.0562. The maximum atomic E-state index is 12.5. The molecule has 1 amide bonds. The fourth-order valence-electron chi connectivity index (χ4n) is 2.85. The Kier molecular flexibility index (Phi) is 5.50. The largest absolute Gasteiger partial charge is 0.344 e. The smallest absolute Gasteiger partial charge is 0.320 e. The molecule has 132 valence electrons. The number of aromatic nitrogens is 2. The monoisotopic (exact) mass is 360 g/mol. The summed E-state index contributed by atoms with van der Waals surface area (Å²) in [4.78, 5) is 28.2. The van der Waals surface area contributed by atoms with Gasteiger partial charge in [-0.2, -0.15) is 9.78 Å². The molecule has 1 fully saturated rings. The van der Waals surface area contributed by atoms with Gasteiger partial charge in [-0.05, 0) is 23.8 Å². The Labute approximate surface area is 152 Å². The molecule has 0 aliphatic carbocycles. The van der Waals surface area contributed by atoms with Crippen LogP contribution in [0.3, 0.4) is 0 Å². The van der Waals surface area contributed by atoms with Crippen molar-refractivity contribution in [1.82, 2.24) is 19.6 Å². The van der Waals surface area contributed by atoms with E-state index < -0.39 is 0 Å². The molecule has 0 radical (unpaired) electrons. The molecule has 1 aliphatic rings. The first kappa shape index (κ1) is 17.6. The lowest BCUT2D eigenvalue weighted by molar-refractivity contribution is 0.0982. The van der Waals surface area contributed by atoms with Gasteiger partial charge in [0.1, 0.15) is 5.69 Å². The van der Waals surface area contributed by atoms with Crippen molar-refractivity contribution in [3.63, 3.8) is 0 Å². The highest BCUT2D eigenvalue weighted by Crippen LogP contribution is 2.13. The molecule has 0 saturated carbocycles. The van der Waals surface area contributed by atoms with Crippen molar-refractivity contribution in [1.29, 1.82) is 0 Å². The average molecular weight is 361 g/mol. The van der Waals surface area contributed by atoms with Crippen molar-refractivity contribution in [3.05, 3.63) is 52.8 Å². The van der Waals surface area contributed by atoms with Crippen LogP contribution in [0.25, 0.3) is 0 Å². The van der Waals surface area contributed by atoms with Crippen LogP contribution >= 0.6 is 11.6 Å². The highest BCUT2D eigenvalue weighted by molar-refractivity contribution is 6.30. The Morgan fingerprint density at radius 2 is 1.76 bits per heavy atom. The molecule has 0 N–H and O–H groups in total. The van der Waals surface area contributed by atoms with Gasteiger partial charge in [0.25, 0.3) is 0 Å². The Morgan fingerprint density at radius 3 is 2.40 bits per heavy atom. The van der Waals surface area contributed by atoms with E-state index in [1.54, 1.807) is 24.1 Å². The fourth-order valence-corrected chi connectivity index (χ4v) is 2.98. The Hall–Kier alpha value is -2.18. The van der Waals surface area contributed by atoms with Crippen LogP contribution in [0.4, 0.5) is 4.79 Å². The van der Waals surface area contributed by atoms with Gasteiger partial charge >= 0.3 is 6.03 Å². The van der Waals surface area contributed by atoms with Crippen molar-refractivity contribution >= 4 is 23.4 Å². The minimum atomic E-state index is -0.179. The molecule has 0 bridgehead atoms. The lowest BCUT2D eigenvalue weighted by Crippen LogP contribution is -2.49. The van der Waals surface area contributed by atoms with Crippen molar-refractivity contribution in [2.75, 3.05) is 26.2 Å². The van der Waals surface area contributed by atoms with E-state index in [2.05, 4.69) is 10.00 Å². The summed E-state index contributed by atoms with van der Waals surface area (Å²) in [6.07, 6.45) is 1.94. The summed E-state index contributed by atoms with van der Waals surface area (Å²) in [6.45, 7) is 5.51. The minimum absolute atomic E-state index is 0.0562. The van der Waals surface area contributed by atoms with Crippen LogP contribution < -0.4 is 0 Å². The van der Waals surface area contributed by atoms with Gasteiger partial charge in [-0.3, -0.25) is 9.69 Å². The van der Waals surface area contributed by atoms with E-state index in [-0.39, 0.29) is 11.8 Å². The molecular weight excluding hydrogens is 340 g/mol. The first-order valence-corrected chi connectivity index (χ1v) is 8.79. The zero-order chi connectivity index (χ0) is 17.8. The summed E-state index contributed by atoms with van der Waals surface area (Å²) in [5.41, 5.74) is 1.55. The van der Waals surface area contributed by atoms with Gasteiger partial charge in [0.05, 0.1) is 0 Å². The van der Waals surface area contributed by atoms with Gasteiger partial charge in [0.2, 0.25) is 0 Å². The third kappa shape index (κ3) is 4.27. The Morgan fingerprint density at radius 1 is 1.08 bits per heavy atom. The first-order chi connectivity index (χ1) is 12.1. The summed E-state index contributed by atoms with van der Waals surface area (Å²) in [5, 5.41) is 4.84. The van der Waals surface area contributed by atoms with E-state index in [9.17, 15) is 9.59 Å². The molecule has 1 saturated heterocycles. The molecule has 0 atom stereocenters. The summed E-state index contributed by atoms with van der Waals surface area (Å²) < 4.78 is 1.26. The van der Waals surface area contributed by atoms with Gasteiger partial charge in [-0.1, -0.05) is 30.7 Å². The van der Waals surface area contributed by atoms with Crippen LogP contribution in [0.1, 0.15) is 29.4 Å². The standard InChI is InChI=1S/C18H21ClN4O2/c1-2-17(24)16-7-8-23(20-16)18(25)22-11-9-21(10-12-22)13-14-3-5-15(19)6-4-14/h3-8H,2,9-13H2,1H3. The maximum absolute atomic E-state index is 12.5. The Balaban J connectivity index is 1.54. The van der Waals surface area contributed by atoms with Crippen molar-refractivity contribution in [2.24, 2.45) is 0 Å². The number of Topliss-reactive ketones (excluding diaryl/α,β-unsaturated/α-hetero) is 1. The van der Waals surface area contributed by atoms with E-state index in [0.717, 1.165) is 24.7 Å². The van der Waals surface area contributed by atoms with Gasteiger partial charge in [-0.25, -0.2) is 4.79 Å². The molecule has 1 aromatic heterocycles. The van der Waals surface area contributed by atoms with Crippen LogP contribution in [0.5, 0.6) is 0 Å². The number of carbonyl (C=O) groups is 2. The normalized spacial score (nSPS) is 15.4. The molecule has 1 aromatic carbocycles. The van der Waals surface area contributed by atoms with E-state index in [1.807, 2.05) is 24.3 Å². The second-order valence-corrected chi connectivity index (χ2v) is 6.53. The molecule has 1 aliphatic heterocycles. The number of carbonyl (C=O) groups excluding carboxylic acids is 2. The Bertz CT molecular complexity index is 749. The molecule has 6 nitrogen and oxygen atoms in total. The number of halogens is 1. The number of rotatable bonds is 4. The average Bonchev–Trinajstić information content (AvgIpc) is 3.13. The minimum Gasteiger partial charge on any atom is -0.320 e. The predicted molar refractivity (Wildman–Crippen MR) is 95.9 cm³/mol. The van der Waals surface area contributed by atoms with Crippen molar-refractivity contribution < 1.29 is 9.59 Å². The maximum Gasteiger partial charge on any atom is 0.344 e. The number of amides is 1.